The lowest BCUT2D eigenvalue weighted by Crippen LogP contribution is -2.29. The molecular formula is C23H20FN3O4S2. The fourth-order valence-electron chi connectivity index (χ4n) is 3.35. The van der Waals surface area contributed by atoms with E-state index in [2.05, 4.69) is 5.32 Å². The van der Waals surface area contributed by atoms with Crippen LogP contribution in [-0.2, 0) is 23.6 Å². The average molecular weight is 486 g/mol. The topological polar surface area (TPSA) is 88.5 Å². The van der Waals surface area contributed by atoms with E-state index in [1.165, 1.54) is 40.7 Å². The SMILES string of the molecule is Cn1c(=O)sc2cc(NC(=O)c3ccc(N(Cc4ccc(F)cc4)S(C)(=O)=O)cc3)ccc21. The Morgan fingerprint density at radius 3 is 2.36 bits per heavy atom. The van der Waals surface area contributed by atoms with E-state index in [1.54, 1.807) is 41.9 Å². The quantitative estimate of drug-likeness (QED) is 0.448. The summed E-state index contributed by atoms with van der Waals surface area (Å²) in [5, 5.41) is 2.79. The minimum absolute atomic E-state index is 0.0324. The van der Waals surface area contributed by atoms with Gasteiger partial charge in [0.05, 0.1) is 28.7 Å². The Balaban J connectivity index is 1.53. The van der Waals surface area contributed by atoms with E-state index in [0.29, 0.717) is 22.5 Å². The maximum atomic E-state index is 13.2. The lowest BCUT2D eigenvalue weighted by atomic mass is 10.1. The lowest BCUT2D eigenvalue weighted by molar-refractivity contribution is 0.102. The molecule has 0 fully saturated rings. The zero-order valence-electron chi connectivity index (χ0n) is 17.8. The molecule has 170 valence electrons. The Morgan fingerprint density at radius 1 is 1.06 bits per heavy atom. The molecule has 1 heterocycles. The molecule has 0 aliphatic carbocycles. The third-order valence-electron chi connectivity index (χ3n) is 5.11. The Morgan fingerprint density at radius 2 is 1.73 bits per heavy atom. The molecule has 0 saturated carbocycles. The Bertz CT molecular complexity index is 1490. The van der Waals surface area contributed by atoms with Crippen molar-refractivity contribution in [2.24, 2.45) is 7.05 Å². The number of sulfonamides is 1. The molecule has 0 radical (unpaired) electrons. The van der Waals surface area contributed by atoms with Crippen LogP contribution in [0.5, 0.6) is 0 Å². The molecular weight excluding hydrogens is 465 g/mol. The van der Waals surface area contributed by atoms with Crippen molar-refractivity contribution in [3.05, 3.63) is 93.3 Å². The predicted molar refractivity (Wildman–Crippen MR) is 129 cm³/mol. The van der Waals surface area contributed by atoms with E-state index in [1.807, 2.05) is 0 Å². The van der Waals surface area contributed by atoms with Crippen LogP contribution in [0.15, 0.2) is 71.5 Å². The second kappa shape index (κ2) is 8.80. The summed E-state index contributed by atoms with van der Waals surface area (Å²) in [7, 11) is -1.93. The third-order valence-corrected chi connectivity index (χ3v) is 7.24. The van der Waals surface area contributed by atoms with Crippen molar-refractivity contribution in [1.82, 2.24) is 4.57 Å². The van der Waals surface area contributed by atoms with Crippen LogP contribution in [0.1, 0.15) is 15.9 Å². The first-order valence-electron chi connectivity index (χ1n) is 9.85. The average Bonchev–Trinajstić information content (AvgIpc) is 3.05. The molecule has 0 saturated heterocycles. The standard InChI is InChI=1S/C23H20FN3O4S2/c1-26-20-12-9-18(13-21(20)32-23(26)29)25-22(28)16-5-10-19(11-6-16)27(33(2,30)31)14-15-3-7-17(24)8-4-15/h3-13H,14H2,1-2H3,(H,25,28). The molecule has 1 amide bonds. The minimum atomic E-state index is -3.62. The van der Waals surface area contributed by atoms with Crippen LogP contribution in [0.25, 0.3) is 10.2 Å². The van der Waals surface area contributed by atoms with Gasteiger partial charge in [0.25, 0.3) is 5.91 Å². The van der Waals surface area contributed by atoms with Crippen molar-refractivity contribution in [2.45, 2.75) is 6.54 Å². The summed E-state index contributed by atoms with van der Waals surface area (Å²) in [5.74, 6) is -0.769. The van der Waals surface area contributed by atoms with E-state index in [0.717, 1.165) is 27.8 Å². The highest BCUT2D eigenvalue weighted by Crippen LogP contribution is 2.24. The van der Waals surface area contributed by atoms with Gasteiger partial charge in [0.1, 0.15) is 5.82 Å². The van der Waals surface area contributed by atoms with Crippen LogP contribution in [-0.4, -0.2) is 25.1 Å². The van der Waals surface area contributed by atoms with Gasteiger partial charge in [-0.25, -0.2) is 12.8 Å². The van der Waals surface area contributed by atoms with Gasteiger partial charge in [0, 0.05) is 18.3 Å². The smallest absolute Gasteiger partial charge is 0.307 e. The molecule has 4 rings (SSSR count). The van der Waals surface area contributed by atoms with Crippen LogP contribution in [0.4, 0.5) is 15.8 Å². The molecule has 0 aliphatic heterocycles. The van der Waals surface area contributed by atoms with Crippen LogP contribution < -0.4 is 14.5 Å². The number of carbonyl (C=O) groups is 1. The molecule has 33 heavy (non-hydrogen) atoms. The van der Waals surface area contributed by atoms with Crippen molar-refractivity contribution in [1.29, 1.82) is 0 Å². The van der Waals surface area contributed by atoms with E-state index in [4.69, 9.17) is 0 Å². The molecule has 4 aromatic rings. The molecule has 0 unspecified atom stereocenters. The van der Waals surface area contributed by atoms with Gasteiger partial charge < -0.3 is 9.88 Å². The van der Waals surface area contributed by atoms with Crippen LogP contribution in [0.3, 0.4) is 0 Å². The zero-order chi connectivity index (χ0) is 23.8. The van der Waals surface area contributed by atoms with E-state index >= 15 is 0 Å². The number of carbonyl (C=O) groups excluding carboxylic acids is 1. The number of fused-ring (bicyclic) bond motifs is 1. The number of halogens is 1. The van der Waals surface area contributed by atoms with Gasteiger partial charge in [0.15, 0.2) is 0 Å². The number of aryl methyl sites for hydroxylation is 1. The summed E-state index contributed by atoms with van der Waals surface area (Å²) >= 11 is 1.10. The maximum Gasteiger partial charge on any atom is 0.307 e. The summed E-state index contributed by atoms with van der Waals surface area (Å²) in [5.41, 5.74) is 2.69. The number of rotatable bonds is 6. The first-order valence-corrected chi connectivity index (χ1v) is 12.5. The molecule has 3 aromatic carbocycles. The monoisotopic (exact) mass is 485 g/mol. The normalized spacial score (nSPS) is 11.5. The van der Waals surface area contributed by atoms with Crippen LogP contribution in [0, 0.1) is 5.82 Å². The zero-order valence-corrected chi connectivity index (χ0v) is 19.4. The third kappa shape index (κ3) is 4.96. The van der Waals surface area contributed by atoms with Gasteiger partial charge in [-0.05, 0) is 60.2 Å². The maximum absolute atomic E-state index is 13.2. The second-order valence-electron chi connectivity index (χ2n) is 7.51. The molecule has 10 heteroatoms. The number of nitrogens with one attached hydrogen (secondary N) is 1. The number of thiazole rings is 1. The Hall–Kier alpha value is -3.50. The summed E-state index contributed by atoms with van der Waals surface area (Å²) in [6, 6.07) is 17.0. The largest absolute Gasteiger partial charge is 0.322 e. The molecule has 0 spiro atoms. The highest BCUT2D eigenvalue weighted by molar-refractivity contribution is 7.92. The van der Waals surface area contributed by atoms with E-state index in [-0.39, 0.29) is 17.3 Å². The highest BCUT2D eigenvalue weighted by Gasteiger charge is 2.19. The Labute approximate surface area is 193 Å². The first-order chi connectivity index (χ1) is 15.6. The van der Waals surface area contributed by atoms with Gasteiger partial charge in [-0.2, -0.15) is 0 Å². The number of anilines is 2. The number of nitrogens with zero attached hydrogens (tertiary/aromatic N) is 2. The van der Waals surface area contributed by atoms with Crippen molar-refractivity contribution in [3.8, 4) is 0 Å². The number of hydrogen-bond donors (Lipinski definition) is 1. The number of amides is 1. The number of aromatic nitrogens is 1. The fourth-order valence-corrected chi connectivity index (χ4v) is 5.16. The lowest BCUT2D eigenvalue weighted by Gasteiger charge is -2.22. The van der Waals surface area contributed by atoms with Gasteiger partial charge >= 0.3 is 4.87 Å². The number of hydrogen-bond acceptors (Lipinski definition) is 5. The van der Waals surface area contributed by atoms with Crippen molar-refractivity contribution >= 4 is 48.9 Å². The van der Waals surface area contributed by atoms with Crippen molar-refractivity contribution in [3.63, 3.8) is 0 Å². The molecule has 1 aromatic heterocycles. The predicted octanol–water partition coefficient (Wildman–Crippen LogP) is 3.96. The molecule has 0 bridgehead atoms. The summed E-state index contributed by atoms with van der Waals surface area (Å²) in [6.07, 6.45) is 1.09. The van der Waals surface area contributed by atoms with Crippen LogP contribution in [0.2, 0.25) is 0 Å². The van der Waals surface area contributed by atoms with E-state index in [9.17, 15) is 22.4 Å². The molecule has 0 aliphatic rings. The second-order valence-corrected chi connectivity index (χ2v) is 10.4. The van der Waals surface area contributed by atoms with E-state index < -0.39 is 15.8 Å². The van der Waals surface area contributed by atoms with Crippen molar-refractivity contribution in [2.75, 3.05) is 15.9 Å². The molecule has 1 N–H and O–H groups in total. The highest BCUT2D eigenvalue weighted by atomic mass is 32.2. The van der Waals surface area contributed by atoms with Gasteiger partial charge in [-0.3, -0.25) is 13.9 Å². The van der Waals surface area contributed by atoms with Crippen LogP contribution >= 0.6 is 11.3 Å². The van der Waals surface area contributed by atoms with Gasteiger partial charge in [-0.1, -0.05) is 23.5 Å². The van der Waals surface area contributed by atoms with Gasteiger partial charge in [-0.15, -0.1) is 0 Å². The molecule has 0 atom stereocenters. The summed E-state index contributed by atoms with van der Waals surface area (Å²) in [6.45, 7) is 0.0324. The Kier molecular flexibility index (Phi) is 6.05. The molecule has 7 nitrogen and oxygen atoms in total. The fraction of sp³-hybridized carbons (Fsp3) is 0.130. The van der Waals surface area contributed by atoms with Gasteiger partial charge in [0.2, 0.25) is 10.0 Å². The first kappa shape index (κ1) is 22.7. The van der Waals surface area contributed by atoms with Crippen molar-refractivity contribution < 1.29 is 17.6 Å². The minimum Gasteiger partial charge on any atom is -0.322 e. The summed E-state index contributed by atoms with van der Waals surface area (Å²) in [4.78, 5) is 24.4. The summed E-state index contributed by atoms with van der Waals surface area (Å²) < 4.78 is 41.4. The number of benzene rings is 3.